The first-order valence-corrected chi connectivity index (χ1v) is 5.47. The number of rotatable bonds is 3. The summed E-state index contributed by atoms with van der Waals surface area (Å²) in [6, 6.07) is 1.45. The normalized spacial score (nSPS) is 21.4. The summed E-state index contributed by atoms with van der Waals surface area (Å²) in [4.78, 5) is 11.5. The molecule has 1 amide bonds. The van der Waals surface area contributed by atoms with Crippen LogP contribution in [0.4, 0.5) is 0 Å². The molecule has 1 saturated carbocycles. The van der Waals surface area contributed by atoms with Gasteiger partial charge >= 0.3 is 0 Å². The molecule has 15 heavy (non-hydrogen) atoms. The standard InChI is InChI=1S/C11H18N2O2/c1-9(8-12)13-10(14)7-11(15)5-3-2-4-6-11/h9,15H,2-7H2,1H3,(H,13,14). The van der Waals surface area contributed by atoms with Gasteiger partial charge in [-0.1, -0.05) is 19.3 Å². The molecule has 0 aromatic rings. The van der Waals surface area contributed by atoms with Gasteiger partial charge in [0, 0.05) is 0 Å². The number of hydrogen-bond donors (Lipinski definition) is 2. The molecule has 1 aliphatic carbocycles. The molecule has 84 valence electrons. The van der Waals surface area contributed by atoms with Gasteiger partial charge in [-0.05, 0) is 19.8 Å². The Labute approximate surface area is 90.3 Å². The van der Waals surface area contributed by atoms with Gasteiger partial charge in [0.15, 0.2) is 0 Å². The Balaban J connectivity index is 2.39. The SMILES string of the molecule is CC(C#N)NC(=O)CC1(O)CCCCC1. The number of aliphatic hydroxyl groups is 1. The molecular formula is C11H18N2O2. The van der Waals surface area contributed by atoms with Crippen LogP contribution in [0.5, 0.6) is 0 Å². The van der Waals surface area contributed by atoms with Crippen molar-refractivity contribution in [3.63, 3.8) is 0 Å². The Hall–Kier alpha value is -1.08. The van der Waals surface area contributed by atoms with Crippen molar-refractivity contribution in [2.24, 2.45) is 0 Å². The van der Waals surface area contributed by atoms with Crippen molar-refractivity contribution in [3.8, 4) is 6.07 Å². The van der Waals surface area contributed by atoms with Gasteiger partial charge in [-0.3, -0.25) is 4.79 Å². The van der Waals surface area contributed by atoms with Crippen LogP contribution in [-0.4, -0.2) is 22.7 Å². The highest BCUT2D eigenvalue weighted by molar-refractivity contribution is 5.77. The Morgan fingerprint density at radius 1 is 1.53 bits per heavy atom. The summed E-state index contributed by atoms with van der Waals surface area (Å²) < 4.78 is 0. The summed E-state index contributed by atoms with van der Waals surface area (Å²) in [6.45, 7) is 1.63. The zero-order valence-electron chi connectivity index (χ0n) is 9.12. The lowest BCUT2D eigenvalue weighted by Crippen LogP contribution is -2.40. The molecule has 0 heterocycles. The third-order valence-corrected chi connectivity index (χ3v) is 2.85. The van der Waals surface area contributed by atoms with Crippen LogP contribution < -0.4 is 5.32 Å². The Bertz CT molecular complexity index is 264. The predicted molar refractivity (Wildman–Crippen MR) is 55.9 cm³/mol. The molecule has 1 unspecified atom stereocenters. The first-order chi connectivity index (χ1) is 7.06. The summed E-state index contributed by atoms with van der Waals surface area (Å²) in [6.07, 6.45) is 4.62. The van der Waals surface area contributed by atoms with Crippen molar-refractivity contribution < 1.29 is 9.90 Å². The molecule has 0 aromatic carbocycles. The highest BCUT2D eigenvalue weighted by Crippen LogP contribution is 2.30. The van der Waals surface area contributed by atoms with E-state index in [1.807, 2.05) is 6.07 Å². The summed E-state index contributed by atoms with van der Waals surface area (Å²) in [5.74, 6) is -0.228. The van der Waals surface area contributed by atoms with Crippen LogP contribution in [0.3, 0.4) is 0 Å². The molecule has 4 nitrogen and oxygen atoms in total. The molecule has 0 radical (unpaired) electrons. The van der Waals surface area contributed by atoms with Crippen molar-refractivity contribution in [1.29, 1.82) is 5.26 Å². The molecule has 1 atom stereocenters. The maximum Gasteiger partial charge on any atom is 0.223 e. The average Bonchev–Trinajstić information content (AvgIpc) is 2.17. The van der Waals surface area contributed by atoms with E-state index in [-0.39, 0.29) is 12.3 Å². The molecule has 0 bridgehead atoms. The second-order valence-electron chi connectivity index (χ2n) is 4.38. The summed E-state index contributed by atoms with van der Waals surface area (Å²) >= 11 is 0. The molecule has 1 aliphatic rings. The first kappa shape index (κ1) is 12.0. The minimum atomic E-state index is -0.836. The van der Waals surface area contributed by atoms with Gasteiger partial charge in [0.2, 0.25) is 5.91 Å². The van der Waals surface area contributed by atoms with Crippen LogP contribution in [-0.2, 0) is 4.79 Å². The van der Waals surface area contributed by atoms with Gasteiger partial charge in [0.05, 0.1) is 18.1 Å². The molecule has 0 aliphatic heterocycles. The summed E-state index contributed by atoms with van der Waals surface area (Å²) in [7, 11) is 0. The van der Waals surface area contributed by atoms with Gasteiger partial charge < -0.3 is 10.4 Å². The van der Waals surface area contributed by atoms with Crippen LogP contribution in [0.25, 0.3) is 0 Å². The van der Waals surface area contributed by atoms with Crippen molar-refractivity contribution in [3.05, 3.63) is 0 Å². The number of nitrogens with zero attached hydrogens (tertiary/aromatic N) is 1. The third-order valence-electron chi connectivity index (χ3n) is 2.85. The summed E-state index contributed by atoms with van der Waals surface area (Å²) in [5, 5.41) is 21.2. The van der Waals surface area contributed by atoms with E-state index in [1.54, 1.807) is 6.92 Å². The minimum Gasteiger partial charge on any atom is -0.389 e. The highest BCUT2D eigenvalue weighted by Gasteiger charge is 2.31. The third kappa shape index (κ3) is 3.88. The van der Waals surface area contributed by atoms with Crippen LogP contribution in [0.1, 0.15) is 45.4 Å². The number of nitriles is 1. The lowest BCUT2D eigenvalue weighted by Gasteiger charge is -2.31. The molecule has 0 spiro atoms. The molecule has 0 saturated heterocycles. The van der Waals surface area contributed by atoms with Crippen LogP contribution in [0, 0.1) is 11.3 Å². The fourth-order valence-corrected chi connectivity index (χ4v) is 2.01. The zero-order chi connectivity index (χ0) is 11.3. The van der Waals surface area contributed by atoms with Gasteiger partial charge in [-0.25, -0.2) is 0 Å². The van der Waals surface area contributed by atoms with E-state index in [4.69, 9.17) is 5.26 Å². The molecule has 2 N–H and O–H groups in total. The van der Waals surface area contributed by atoms with E-state index in [0.29, 0.717) is 12.8 Å². The number of nitrogens with one attached hydrogen (secondary N) is 1. The fourth-order valence-electron chi connectivity index (χ4n) is 2.01. The number of carbonyl (C=O) groups is 1. The molecule has 1 fully saturated rings. The molecule has 1 rings (SSSR count). The van der Waals surface area contributed by atoms with E-state index in [1.165, 1.54) is 0 Å². The van der Waals surface area contributed by atoms with Crippen molar-refractivity contribution >= 4 is 5.91 Å². The second kappa shape index (κ2) is 5.13. The van der Waals surface area contributed by atoms with Gasteiger partial charge in [-0.15, -0.1) is 0 Å². The van der Waals surface area contributed by atoms with Crippen molar-refractivity contribution in [2.45, 2.75) is 57.1 Å². The number of amides is 1. The van der Waals surface area contributed by atoms with Crippen molar-refractivity contribution in [2.75, 3.05) is 0 Å². The van der Waals surface area contributed by atoms with Crippen LogP contribution in [0.15, 0.2) is 0 Å². The van der Waals surface area contributed by atoms with Crippen LogP contribution >= 0.6 is 0 Å². The van der Waals surface area contributed by atoms with Crippen LogP contribution in [0.2, 0.25) is 0 Å². The monoisotopic (exact) mass is 210 g/mol. The topological polar surface area (TPSA) is 73.1 Å². The lowest BCUT2D eigenvalue weighted by molar-refractivity contribution is -0.127. The summed E-state index contributed by atoms with van der Waals surface area (Å²) in [5.41, 5.74) is -0.836. The highest BCUT2D eigenvalue weighted by atomic mass is 16.3. The fraction of sp³-hybridized carbons (Fsp3) is 0.818. The van der Waals surface area contributed by atoms with E-state index in [9.17, 15) is 9.90 Å². The first-order valence-electron chi connectivity index (χ1n) is 5.47. The predicted octanol–water partition coefficient (Wildman–Crippen LogP) is 1.10. The quantitative estimate of drug-likeness (QED) is 0.732. The Morgan fingerprint density at radius 2 is 2.13 bits per heavy atom. The van der Waals surface area contributed by atoms with E-state index in [0.717, 1.165) is 19.3 Å². The second-order valence-corrected chi connectivity index (χ2v) is 4.38. The zero-order valence-corrected chi connectivity index (χ0v) is 9.12. The van der Waals surface area contributed by atoms with Crippen molar-refractivity contribution in [1.82, 2.24) is 5.32 Å². The molecular weight excluding hydrogens is 192 g/mol. The minimum absolute atomic E-state index is 0.124. The van der Waals surface area contributed by atoms with E-state index >= 15 is 0 Å². The largest absolute Gasteiger partial charge is 0.389 e. The van der Waals surface area contributed by atoms with E-state index in [2.05, 4.69) is 5.32 Å². The lowest BCUT2D eigenvalue weighted by atomic mass is 9.82. The number of carbonyl (C=O) groups excluding carboxylic acids is 1. The maximum atomic E-state index is 11.5. The van der Waals surface area contributed by atoms with E-state index < -0.39 is 11.6 Å². The van der Waals surface area contributed by atoms with Gasteiger partial charge in [0.1, 0.15) is 6.04 Å². The average molecular weight is 210 g/mol. The van der Waals surface area contributed by atoms with Gasteiger partial charge in [0.25, 0.3) is 0 Å². The molecule has 0 aromatic heterocycles. The smallest absolute Gasteiger partial charge is 0.223 e. The number of hydrogen-bond acceptors (Lipinski definition) is 3. The van der Waals surface area contributed by atoms with Gasteiger partial charge in [-0.2, -0.15) is 5.26 Å². The Morgan fingerprint density at radius 3 is 2.67 bits per heavy atom. The maximum absolute atomic E-state index is 11.5. The Kier molecular flexibility index (Phi) is 4.10. The molecule has 4 heteroatoms.